The van der Waals surface area contributed by atoms with Gasteiger partial charge in [0.1, 0.15) is 6.61 Å². The van der Waals surface area contributed by atoms with Gasteiger partial charge in [0.25, 0.3) is 0 Å². The average Bonchev–Trinajstić information content (AvgIpc) is 2.71. The molecule has 16 heavy (non-hydrogen) atoms. The van der Waals surface area contributed by atoms with Crippen molar-refractivity contribution in [3.05, 3.63) is 0 Å². The van der Waals surface area contributed by atoms with Crippen LogP contribution in [0.5, 0.6) is 0 Å². The molecular weight excluding hydrogens is 204 g/mol. The molecule has 0 aromatic carbocycles. The summed E-state index contributed by atoms with van der Waals surface area (Å²) in [4.78, 5) is 13.9. The molecule has 0 bridgehead atoms. The van der Waals surface area contributed by atoms with Crippen LogP contribution in [0.4, 0.5) is 0 Å². The second-order valence-electron chi connectivity index (χ2n) is 5.23. The highest BCUT2D eigenvalue weighted by molar-refractivity contribution is 5.78. The van der Waals surface area contributed by atoms with Crippen LogP contribution in [-0.2, 0) is 9.53 Å². The molecule has 0 aromatic heterocycles. The van der Waals surface area contributed by atoms with Gasteiger partial charge in [0.15, 0.2) is 0 Å². The predicted octanol–water partition coefficient (Wildman–Crippen LogP) is 0.376. The van der Waals surface area contributed by atoms with Crippen molar-refractivity contribution in [2.75, 3.05) is 26.2 Å². The Bertz CT molecular complexity index is 272. The number of nitrogens with zero attached hydrogens (tertiary/aromatic N) is 1. The van der Waals surface area contributed by atoms with Gasteiger partial charge in [-0.05, 0) is 32.2 Å². The Kier molecular flexibility index (Phi) is 2.86. The first kappa shape index (κ1) is 10.5. The molecule has 3 fully saturated rings. The third-order valence-electron chi connectivity index (χ3n) is 4.26. The van der Waals surface area contributed by atoms with Crippen molar-refractivity contribution in [1.29, 1.82) is 0 Å². The fourth-order valence-electron chi connectivity index (χ4n) is 2.94. The molecule has 1 amide bonds. The Labute approximate surface area is 96.3 Å². The minimum atomic E-state index is 0.201. The first-order chi connectivity index (χ1) is 7.84. The Morgan fingerprint density at radius 3 is 2.81 bits per heavy atom. The van der Waals surface area contributed by atoms with Gasteiger partial charge in [-0.1, -0.05) is 0 Å². The summed E-state index contributed by atoms with van der Waals surface area (Å²) in [7, 11) is 0. The third kappa shape index (κ3) is 1.84. The van der Waals surface area contributed by atoms with E-state index in [1.165, 1.54) is 25.7 Å². The topological polar surface area (TPSA) is 41.6 Å². The van der Waals surface area contributed by atoms with Gasteiger partial charge in [-0.2, -0.15) is 0 Å². The highest BCUT2D eigenvalue weighted by atomic mass is 16.5. The van der Waals surface area contributed by atoms with Crippen LogP contribution in [0.15, 0.2) is 0 Å². The van der Waals surface area contributed by atoms with E-state index < -0.39 is 0 Å². The lowest BCUT2D eigenvalue weighted by molar-refractivity contribution is -0.157. The van der Waals surface area contributed by atoms with E-state index in [0.717, 1.165) is 19.6 Å². The number of nitrogens with one attached hydrogen (secondary N) is 1. The van der Waals surface area contributed by atoms with Crippen molar-refractivity contribution in [1.82, 2.24) is 10.2 Å². The molecule has 0 aromatic rings. The van der Waals surface area contributed by atoms with E-state index in [2.05, 4.69) is 10.2 Å². The zero-order valence-electron chi connectivity index (χ0n) is 9.65. The van der Waals surface area contributed by atoms with Crippen LogP contribution >= 0.6 is 0 Å². The maximum atomic E-state index is 11.8. The van der Waals surface area contributed by atoms with E-state index in [-0.39, 0.29) is 12.0 Å². The quantitative estimate of drug-likeness (QED) is 0.737. The van der Waals surface area contributed by atoms with E-state index in [4.69, 9.17) is 4.74 Å². The molecular formula is C12H20N2O2. The summed E-state index contributed by atoms with van der Waals surface area (Å²) in [5.41, 5.74) is 0. The lowest BCUT2D eigenvalue weighted by Crippen LogP contribution is -2.55. The molecule has 4 nitrogen and oxygen atoms in total. The molecule has 2 saturated heterocycles. The molecule has 3 rings (SSSR count). The number of rotatable bonds is 2. The van der Waals surface area contributed by atoms with Crippen molar-refractivity contribution >= 4 is 5.91 Å². The molecule has 0 radical (unpaired) electrons. The molecule has 0 spiro atoms. The zero-order chi connectivity index (χ0) is 11.0. The normalized spacial score (nSPS) is 36.5. The summed E-state index contributed by atoms with van der Waals surface area (Å²) >= 11 is 0. The number of hydrogen-bond donors (Lipinski definition) is 1. The van der Waals surface area contributed by atoms with Gasteiger partial charge in [-0.3, -0.25) is 4.79 Å². The molecule has 1 aliphatic carbocycles. The number of carbonyl (C=O) groups excluding carboxylic acids is 1. The van der Waals surface area contributed by atoms with Gasteiger partial charge in [-0.15, -0.1) is 0 Å². The summed E-state index contributed by atoms with van der Waals surface area (Å²) in [5, 5.41) is 3.37. The molecule has 1 N–H and O–H groups in total. The van der Waals surface area contributed by atoms with Crippen molar-refractivity contribution in [2.45, 2.75) is 37.8 Å². The predicted molar refractivity (Wildman–Crippen MR) is 60.1 cm³/mol. The van der Waals surface area contributed by atoms with Crippen LogP contribution < -0.4 is 5.32 Å². The summed E-state index contributed by atoms with van der Waals surface area (Å²) in [5.74, 6) is 0.808. The molecule has 90 valence electrons. The van der Waals surface area contributed by atoms with Crippen LogP contribution in [0.25, 0.3) is 0 Å². The van der Waals surface area contributed by atoms with Crippen LogP contribution in [0.3, 0.4) is 0 Å². The number of amides is 1. The van der Waals surface area contributed by atoms with Crippen molar-refractivity contribution in [2.24, 2.45) is 5.92 Å². The third-order valence-corrected chi connectivity index (χ3v) is 4.26. The van der Waals surface area contributed by atoms with Gasteiger partial charge in [0.05, 0.1) is 6.10 Å². The lowest BCUT2D eigenvalue weighted by Gasteiger charge is -2.43. The van der Waals surface area contributed by atoms with Gasteiger partial charge in [-0.25, -0.2) is 0 Å². The molecule has 2 aliphatic heterocycles. The van der Waals surface area contributed by atoms with Gasteiger partial charge < -0.3 is 15.0 Å². The summed E-state index contributed by atoms with van der Waals surface area (Å²) in [6.45, 7) is 3.28. The fourth-order valence-corrected chi connectivity index (χ4v) is 2.94. The zero-order valence-corrected chi connectivity index (χ0v) is 9.65. The summed E-state index contributed by atoms with van der Waals surface area (Å²) in [6, 6.07) is 0.522. The second-order valence-corrected chi connectivity index (χ2v) is 5.23. The maximum absolute atomic E-state index is 11.8. The molecule has 2 heterocycles. The standard InChI is InChI=1S/C12H20N2O2/c15-12-8-16-11(9-4-5-13-6-9)7-14(12)10-2-1-3-10/h9-11,13H,1-8H2. The molecule has 3 aliphatic rings. The highest BCUT2D eigenvalue weighted by Crippen LogP contribution is 2.29. The number of ether oxygens (including phenoxy) is 1. The smallest absolute Gasteiger partial charge is 0.248 e. The Hall–Kier alpha value is -0.610. The van der Waals surface area contributed by atoms with Gasteiger partial charge >= 0.3 is 0 Å². The molecule has 2 unspecified atom stereocenters. The van der Waals surface area contributed by atoms with Gasteiger partial charge in [0.2, 0.25) is 5.91 Å². The van der Waals surface area contributed by atoms with E-state index in [0.29, 0.717) is 18.6 Å². The van der Waals surface area contributed by atoms with E-state index in [1.807, 2.05) is 0 Å². The van der Waals surface area contributed by atoms with E-state index in [1.54, 1.807) is 0 Å². The maximum Gasteiger partial charge on any atom is 0.248 e. The Morgan fingerprint density at radius 1 is 1.31 bits per heavy atom. The summed E-state index contributed by atoms with van der Waals surface area (Å²) in [6.07, 6.45) is 5.14. The van der Waals surface area contributed by atoms with Crippen molar-refractivity contribution in [3.63, 3.8) is 0 Å². The number of carbonyl (C=O) groups is 1. The van der Waals surface area contributed by atoms with Crippen LogP contribution in [-0.4, -0.2) is 49.2 Å². The van der Waals surface area contributed by atoms with Crippen LogP contribution in [0, 0.1) is 5.92 Å². The summed E-state index contributed by atoms with van der Waals surface area (Å²) < 4.78 is 5.69. The monoisotopic (exact) mass is 224 g/mol. The van der Waals surface area contributed by atoms with Crippen molar-refractivity contribution in [3.8, 4) is 0 Å². The number of morpholine rings is 1. The SMILES string of the molecule is O=C1COC(C2CCNC2)CN1C1CCC1. The highest BCUT2D eigenvalue weighted by Gasteiger charge is 2.37. The van der Waals surface area contributed by atoms with Crippen LogP contribution in [0.1, 0.15) is 25.7 Å². The van der Waals surface area contributed by atoms with Gasteiger partial charge in [0, 0.05) is 25.0 Å². The number of hydrogen-bond acceptors (Lipinski definition) is 3. The van der Waals surface area contributed by atoms with Crippen LogP contribution in [0.2, 0.25) is 0 Å². The Morgan fingerprint density at radius 2 is 2.19 bits per heavy atom. The minimum Gasteiger partial charge on any atom is -0.366 e. The molecule has 4 heteroatoms. The van der Waals surface area contributed by atoms with Crippen molar-refractivity contribution < 1.29 is 9.53 Å². The average molecular weight is 224 g/mol. The first-order valence-corrected chi connectivity index (χ1v) is 6.46. The second kappa shape index (κ2) is 4.34. The van der Waals surface area contributed by atoms with E-state index >= 15 is 0 Å². The molecule has 1 saturated carbocycles. The minimum absolute atomic E-state index is 0.201. The first-order valence-electron chi connectivity index (χ1n) is 6.46. The largest absolute Gasteiger partial charge is 0.366 e. The molecule has 2 atom stereocenters. The van der Waals surface area contributed by atoms with E-state index in [9.17, 15) is 4.79 Å². The lowest BCUT2D eigenvalue weighted by atomic mass is 9.89. The fraction of sp³-hybridized carbons (Fsp3) is 0.917. The Balaban J connectivity index is 1.62.